The highest BCUT2D eigenvalue weighted by molar-refractivity contribution is 7.92. The lowest BCUT2D eigenvalue weighted by atomic mass is 9.94. The molecule has 0 radical (unpaired) electrons. The lowest BCUT2D eigenvalue weighted by Crippen LogP contribution is -2.33. The predicted octanol–water partition coefficient (Wildman–Crippen LogP) is 1.51. The summed E-state index contributed by atoms with van der Waals surface area (Å²) in [5.41, 5.74) is 0. The van der Waals surface area contributed by atoms with Crippen molar-refractivity contribution in [2.75, 3.05) is 18.8 Å². The Morgan fingerprint density at radius 3 is 2.69 bits per heavy atom. The Morgan fingerprint density at radius 1 is 1.19 bits per heavy atom. The van der Waals surface area contributed by atoms with Crippen molar-refractivity contribution in [1.29, 1.82) is 0 Å². The van der Waals surface area contributed by atoms with Gasteiger partial charge in [-0.05, 0) is 44.6 Å². The van der Waals surface area contributed by atoms with Crippen molar-refractivity contribution in [3.63, 3.8) is 0 Å². The van der Waals surface area contributed by atoms with Gasteiger partial charge in [0.25, 0.3) is 0 Å². The normalized spacial score (nSPS) is 33.0. The van der Waals surface area contributed by atoms with Crippen LogP contribution in [0.4, 0.5) is 0 Å². The predicted molar refractivity (Wildman–Crippen MR) is 66.2 cm³/mol. The van der Waals surface area contributed by atoms with Gasteiger partial charge in [0.1, 0.15) is 0 Å². The largest absolute Gasteiger partial charge is 0.315 e. The van der Waals surface area contributed by atoms with Gasteiger partial charge in [0.15, 0.2) is 9.84 Å². The summed E-state index contributed by atoms with van der Waals surface area (Å²) in [4.78, 5) is 0. The summed E-state index contributed by atoms with van der Waals surface area (Å²) in [6.07, 6.45) is 9.72. The van der Waals surface area contributed by atoms with Crippen LogP contribution in [0.3, 0.4) is 0 Å². The molecule has 4 heteroatoms. The Bertz CT molecular complexity index is 348. The van der Waals surface area contributed by atoms with E-state index in [4.69, 9.17) is 0 Å². The molecule has 1 N–H and O–H groups in total. The van der Waals surface area contributed by atoms with Gasteiger partial charge in [0.05, 0.1) is 11.0 Å². The Morgan fingerprint density at radius 2 is 2.06 bits per heavy atom. The molecule has 16 heavy (non-hydrogen) atoms. The van der Waals surface area contributed by atoms with Gasteiger partial charge in [-0.25, -0.2) is 8.42 Å². The molecule has 2 rings (SSSR count). The molecule has 3 nitrogen and oxygen atoms in total. The summed E-state index contributed by atoms with van der Waals surface area (Å²) < 4.78 is 23.2. The molecule has 92 valence electrons. The second-order valence-corrected chi connectivity index (χ2v) is 7.34. The van der Waals surface area contributed by atoms with Gasteiger partial charge in [0, 0.05) is 6.54 Å². The van der Waals surface area contributed by atoms with Gasteiger partial charge >= 0.3 is 0 Å². The second-order valence-electron chi connectivity index (χ2n) is 4.94. The van der Waals surface area contributed by atoms with Gasteiger partial charge in [-0.3, -0.25) is 0 Å². The number of nitrogens with one attached hydrogen (secondary N) is 1. The minimum atomic E-state index is -2.77. The molecule has 0 aromatic rings. The number of sulfone groups is 1. The molecule has 2 aliphatic rings. The average Bonchev–Trinajstić information content (AvgIpc) is 2.60. The molecule has 0 saturated carbocycles. The summed E-state index contributed by atoms with van der Waals surface area (Å²) in [6, 6.07) is 0. The Hall–Kier alpha value is -0.350. The monoisotopic (exact) mass is 243 g/mol. The van der Waals surface area contributed by atoms with Crippen molar-refractivity contribution in [3.05, 3.63) is 12.2 Å². The molecule has 1 aliphatic heterocycles. The molecule has 0 spiro atoms. The molecule has 2 atom stereocenters. The minimum absolute atomic E-state index is 0.119. The molecule has 0 amide bonds. The Kier molecular flexibility index (Phi) is 4.03. The molecule has 2 unspecified atom stereocenters. The van der Waals surface area contributed by atoms with E-state index in [1.807, 2.05) is 0 Å². The molecule has 0 bridgehead atoms. The summed E-state index contributed by atoms with van der Waals surface area (Å²) in [5.74, 6) is 1.10. The zero-order valence-corrected chi connectivity index (χ0v) is 10.5. The maximum atomic E-state index is 11.6. The fraction of sp³-hybridized carbons (Fsp3) is 0.833. The first-order valence-corrected chi connectivity index (χ1v) is 7.97. The molecule has 1 saturated heterocycles. The van der Waals surface area contributed by atoms with Crippen LogP contribution < -0.4 is 5.32 Å². The topological polar surface area (TPSA) is 46.2 Å². The summed E-state index contributed by atoms with van der Waals surface area (Å²) in [6.45, 7) is 1.62. The van der Waals surface area contributed by atoms with E-state index < -0.39 is 9.84 Å². The third-order valence-corrected chi connectivity index (χ3v) is 5.92. The van der Waals surface area contributed by atoms with Crippen LogP contribution in [0.1, 0.15) is 32.1 Å². The molecular formula is C12H21NO2S. The van der Waals surface area contributed by atoms with Crippen LogP contribution in [0.5, 0.6) is 0 Å². The van der Waals surface area contributed by atoms with E-state index in [1.54, 1.807) is 0 Å². The Labute approximate surface area is 98.2 Å². The van der Waals surface area contributed by atoms with Crippen molar-refractivity contribution in [2.24, 2.45) is 5.92 Å². The van der Waals surface area contributed by atoms with E-state index in [1.165, 1.54) is 12.8 Å². The van der Waals surface area contributed by atoms with Crippen LogP contribution in [0.2, 0.25) is 0 Å². The van der Waals surface area contributed by atoms with Crippen molar-refractivity contribution in [2.45, 2.75) is 37.4 Å². The molecule has 0 aromatic heterocycles. The van der Waals surface area contributed by atoms with Crippen molar-refractivity contribution < 1.29 is 8.42 Å². The van der Waals surface area contributed by atoms with E-state index in [-0.39, 0.29) is 5.25 Å². The first-order valence-electron chi connectivity index (χ1n) is 6.26. The summed E-state index contributed by atoms with van der Waals surface area (Å²) >= 11 is 0. The Balaban J connectivity index is 1.70. The number of rotatable bonds is 4. The number of allylic oxidation sites excluding steroid dienone is 2. The van der Waals surface area contributed by atoms with Gasteiger partial charge in [-0.15, -0.1) is 0 Å². The first kappa shape index (κ1) is 12.1. The maximum Gasteiger partial charge on any atom is 0.154 e. The van der Waals surface area contributed by atoms with Gasteiger partial charge in [0.2, 0.25) is 0 Å². The number of hydrogen-bond donors (Lipinski definition) is 1. The zero-order chi connectivity index (χ0) is 11.4. The smallest absolute Gasteiger partial charge is 0.154 e. The third-order valence-electron chi connectivity index (χ3n) is 3.65. The average molecular weight is 243 g/mol. The van der Waals surface area contributed by atoms with Gasteiger partial charge in [-0.1, -0.05) is 12.2 Å². The van der Waals surface area contributed by atoms with Crippen molar-refractivity contribution >= 4 is 9.84 Å². The first-order chi connectivity index (χ1) is 7.68. The lowest BCUT2D eigenvalue weighted by Gasteiger charge is -2.19. The van der Waals surface area contributed by atoms with Gasteiger partial charge < -0.3 is 5.32 Å². The van der Waals surface area contributed by atoms with E-state index in [0.717, 1.165) is 25.8 Å². The molecule has 1 fully saturated rings. The molecular weight excluding hydrogens is 222 g/mol. The van der Waals surface area contributed by atoms with E-state index in [0.29, 0.717) is 18.2 Å². The second kappa shape index (κ2) is 5.32. The quantitative estimate of drug-likeness (QED) is 0.761. The minimum Gasteiger partial charge on any atom is -0.315 e. The fourth-order valence-electron chi connectivity index (χ4n) is 2.58. The van der Waals surface area contributed by atoms with E-state index in [2.05, 4.69) is 17.5 Å². The summed E-state index contributed by atoms with van der Waals surface area (Å²) in [5, 5.41) is 3.22. The SMILES string of the molecule is O=S1(=O)CCCC1CNCC1CC=CCC1. The molecule has 1 heterocycles. The highest BCUT2D eigenvalue weighted by Crippen LogP contribution is 2.20. The van der Waals surface area contributed by atoms with Crippen LogP contribution in [-0.4, -0.2) is 32.5 Å². The van der Waals surface area contributed by atoms with Crippen LogP contribution in [0.15, 0.2) is 12.2 Å². The van der Waals surface area contributed by atoms with Gasteiger partial charge in [-0.2, -0.15) is 0 Å². The third kappa shape index (κ3) is 3.08. The lowest BCUT2D eigenvalue weighted by molar-refractivity contribution is 0.438. The molecule has 0 aromatic carbocycles. The van der Waals surface area contributed by atoms with Crippen molar-refractivity contribution in [3.8, 4) is 0 Å². The fourth-order valence-corrected chi connectivity index (χ4v) is 4.38. The number of hydrogen-bond acceptors (Lipinski definition) is 3. The standard InChI is InChI=1S/C12H21NO2S/c14-16(15)8-4-7-12(16)10-13-9-11-5-2-1-3-6-11/h1-2,11-13H,3-10H2. The highest BCUT2D eigenvalue weighted by Gasteiger charge is 2.30. The van der Waals surface area contributed by atoms with E-state index >= 15 is 0 Å². The maximum absolute atomic E-state index is 11.6. The van der Waals surface area contributed by atoms with Crippen LogP contribution in [-0.2, 0) is 9.84 Å². The van der Waals surface area contributed by atoms with Crippen LogP contribution in [0, 0.1) is 5.92 Å². The molecule has 1 aliphatic carbocycles. The van der Waals surface area contributed by atoms with E-state index in [9.17, 15) is 8.42 Å². The van der Waals surface area contributed by atoms with Crippen LogP contribution in [0.25, 0.3) is 0 Å². The summed E-state index contributed by atoms with van der Waals surface area (Å²) in [7, 11) is -2.77. The zero-order valence-electron chi connectivity index (χ0n) is 9.69. The highest BCUT2D eigenvalue weighted by atomic mass is 32.2. The van der Waals surface area contributed by atoms with Crippen LogP contribution >= 0.6 is 0 Å². The van der Waals surface area contributed by atoms with Crippen molar-refractivity contribution in [1.82, 2.24) is 5.32 Å².